The van der Waals surface area contributed by atoms with E-state index in [9.17, 15) is 4.79 Å². The lowest BCUT2D eigenvalue weighted by atomic mass is 9.93. The molecule has 0 unspecified atom stereocenters. The van der Waals surface area contributed by atoms with E-state index in [1.165, 1.54) is 11.3 Å². The molecule has 1 amide bonds. The maximum absolute atomic E-state index is 12.7. The fourth-order valence-corrected chi connectivity index (χ4v) is 3.83. The van der Waals surface area contributed by atoms with E-state index in [1.807, 2.05) is 18.9 Å². The molecule has 1 N–H and O–H groups in total. The first-order valence-electron chi connectivity index (χ1n) is 7.86. The fourth-order valence-electron chi connectivity index (χ4n) is 3.07. The van der Waals surface area contributed by atoms with E-state index in [-0.39, 0.29) is 5.91 Å². The van der Waals surface area contributed by atoms with Crippen LogP contribution in [0, 0.1) is 12.8 Å². The lowest BCUT2D eigenvalue weighted by molar-refractivity contribution is 0.0677. The minimum Gasteiger partial charge on any atom is -0.372 e. The molecule has 122 valence electrons. The highest BCUT2D eigenvalue weighted by Crippen LogP contribution is 2.25. The molecule has 2 aromatic rings. The maximum Gasteiger partial charge on any atom is 0.265 e. The number of nitrogens with zero attached hydrogens (tertiary/aromatic N) is 4. The molecule has 0 bridgehead atoms. The summed E-state index contributed by atoms with van der Waals surface area (Å²) in [6.45, 7) is 3.49. The Morgan fingerprint density at radius 2 is 2.22 bits per heavy atom. The van der Waals surface area contributed by atoms with E-state index < -0.39 is 0 Å². The number of hydrogen-bond acceptors (Lipinski definition) is 6. The molecule has 3 heterocycles. The smallest absolute Gasteiger partial charge is 0.265 e. The number of carbonyl (C=O) groups is 1. The number of thiazole rings is 1. The predicted octanol–water partition coefficient (Wildman–Crippen LogP) is 2.38. The summed E-state index contributed by atoms with van der Waals surface area (Å²) in [4.78, 5) is 28.3. The Morgan fingerprint density at radius 1 is 1.39 bits per heavy atom. The highest BCUT2D eigenvalue weighted by Gasteiger charge is 2.27. The van der Waals surface area contributed by atoms with Crippen molar-refractivity contribution in [3.63, 3.8) is 0 Å². The zero-order chi connectivity index (χ0) is 16.2. The van der Waals surface area contributed by atoms with Crippen molar-refractivity contribution >= 4 is 23.1 Å². The van der Waals surface area contributed by atoms with E-state index in [0.717, 1.165) is 54.4 Å². The van der Waals surface area contributed by atoms with E-state index >= 15 is 0 Å². The van der Waals surface area contributed by atoms with Gasteiger partial charge in [-0.2, -0.15) is 0 Å². The van der Waals surface area contributed by atoms with Gasteiger partial charge in [0.2, 0.25) is 0 Å². The summed E-state index contributed by atoms with van der Waals surface area (Å²) in [5, 5.41) is 3.09. The van der Waals surface area contributed by atoms with Crippen molar-refractivity contribution in [3.05, 3.63) is 34.2 Å². The van der Waals surface area contributed by atoms with Crippen LogP contribution in [0.5, 0.6) is 0 Å². The van der Waals surface area contributed by atoms with Gasteiger partial charge in [0.15, 0.2) is 0 Å². The van der Waals surface area contributed by atoms with Crippen molar-refractivity contribution in [2.24, 2.45) is 5.92 Å². The quantitative estimate of drug-likeness (QED) is 0.931. The van der Waals surface area contributed by atoms with Gasteiger partial charge >= 0.3 is 0 Å². The van der Waals surface area contributed by atoms with Crippen LogP contribution in [0.3, 0.4) is 0 Å². The summed E-state index contributed by atoms with van der Waals surface area (Å²) in [7, 11) is 1.86. The molecule has 1 aliphatic rings. The molecule has 0 spiro atoms. The molecular weight excluding hydrogens is 310 g/mol. The molecule has 23 heavy (non-hydrogen) atoms. The topological polar surface area (TPSA) is 71.0 Å². The molecule has 6 nitrogen and oxygen atoms in total. The van der Waals surface area contributed by atoms with Crippen LogP contribution in [0.4, 0.5) is 5.82 Å². The van der Waals surface area contributed by atoms with Gasteiger partial charge < -0.3 is 10.2 Å². The Morgan fingerprint density at radius 3 is 2.96 bits per heavy atom. The minimum atomic E-state index is 0.114. The standard InChI is InChI=1S/C16H21N5OS/c1-11-14(23-10-20-11)16(22)21-7-3-4-12(9-21)8-13-15(17-2)19-6-5-18-13/h5-6,10,12H,3-4,7-9H2,1-2H3,(H,17,19)/t12-/m1/s1. The summed E-state index contributed by atoms with van der Waals surface area (Å²) in [5.41, 5.74) is 3.54. The first kappa shape index (κ1) is 15.9. The molecule has 1 aliphatic heterocycles. The van der Waals surface area contributed by atoms with Gasteiger partial charge in [0, 0.05) is 32.5 Å². The van der Waals surface area contributed by atoms with Crippen LogP contribution < -0.4 is 5.32 Å². The van der Waals surface area contributed by atoms with Crippen LogP contribution in [-0.2, 0) is 6.42 Å². The summed E-state index contributed by atoms with van der Waals surface area (Å²) < 4.78 is 0. The number of rotatable bonds is 4. The number of aryl methyl sites for hydroxylation is 1. The number of piperidine rings is 1. The molecule has 1 fully saturated rings. The number of nitrogens with one attached hydrogen (secondary N) is 1. The molecule has 0 aliphatic carbocycles. The van der Waals surface area contributed by atoms with Gasteiger partial charge in [0.05, 0.1) is 16.9 Å². The Hall–Kier alpha value is -2.02. The highest BCUT2D eigenvalue weighted by atomic mass is 32.1. The van der Waals surface area contributed by atoms with Crippen molar-refractivity contribution in [2.75, 3.05) is 25.5 Å². The number of amides is 1. The van der Waals surface area contributed by atoms with Gasteiger partial charge in [-0.05, 0) is 32.1 Å². The maximum atomic E-state index is 12.7. The second kappa shape index (κ2) is 7.04. The highest BCUT2D eigenvalue weighted by molar-refractivity contribution is 7.11. The molecule has 2 aromatic heterocycles. The summed E-state index contributed by atoms with van der Waals surface area (Å²) >= 11 is 1.43. The monoisotopic (exact) mass is 331 g/mol. The fraction of sp³-hybridized carbons (Fsp3) is 0.500. The van der Waals surface area contributed by atoms with E-state index in [1.54, 1.807) is 17.9 Å². The van der Waals surface area contributed by atoms with Gasteiger partial charge in [-0.3, -0.25) is 9.78 Å². The number of likely N-dealkylation sites (tertiary alicyclic amines) is 1. The van der Waals surface area contributed by atoms with Crippen LogP contribution in [0.2, 0.25) is 0 Å². The Kier molecular flexibility index (Phi) is 4.85. The first-order valence-corrected chi connectivity index (χ1v) is 8.74. The molecule has 3 rings (SSSR count). The van der Waals surface area contributed by atoms with E-state index in [2.05, 4.69) is 20.3 Å². The van der Waals surface area contributed by atoms with Crippen molar-refractivity contribution in [2.45, 2.75) is 26.2 Å². The third kappa shape index (κ3) is 3.50. The molecule has 1 atom stereocenters. The summed E-state index contributed by atoms with van der Waals surface area (Å²) in [6.07, 6.45) is 6.41. The minimum absolute atomic E-state index is 0.114. The zero-order valence-corrected chi connectivity index (χ0v) is 14.3. The molecule has 0 aromatic carbocycles. The number of anilines is 1. The second-order valence-electron chi connectivity index (χ2n) is 5.83. The first-order chi connectivity index (χ1) is 11.2. The third-order valence-corrected chi connectivity index (χ3v) is 5.16. The molecule has 7 heteroatoms. The number of carbonyl (C=O) groups excluding carboxylic acids is 1. The molecule has 0 radical (unpaired) electrons. The van der Waals surface area contributed by atoms with Gasteiger partial charge in [-0.15, -0.1) is 11.3 Å². The van der Waals surface area contributed by atoms with Gasteiger partial charge in [0.1, 0.15) is 10.7 Å². The van der Waals surface area contributed by atoms with E-state index in [0.29, 0.717) is 5.92 Å². The lowest BCUT2D eigenvalue weighted by Crippen LogP contribution is -2.40. The van der Waals surface area contributed by atoms with Crippen LogP contribution in [0.15, 0.2) is 17.9 Å². The van der Waals surface area contributed by atoms with Crippen molar-refractivity contribution < 1.29 is 4.79 Å². The van der Waals surface area contributed by atoms with Crippen molar-refractivity contribution in [3.8, 4) is 0 Å². The lowest BCUT2D eigenvalue weighted by Gasteiger charge is -2.32. The van der Waals surface area contributed by atoms with Crippen LogP contribution in [0.25, 0.3) is 0 Å². The van der Waals surface area contributed by atoms with E-state index in [4.69, 9.17) is 0 Å². The molecule has 0 saturated carbocycles. The van der Waals surface area contributed by atoms with Crippen LogP contribution in [-0.4, -0.2) is 45.9 Å². The van der Waals surface area contributed by atoms with Crippen molar-refractivity contribution in [1.82, 2.24) is 19.9 Å². The predicted molar refractivity (Wildman–Crippen MR) is 90.8 cm³/mol. The number of hydrogen-bond donors (Lipinski definition) is 1. The Balaban J connectivity index is 1.69. The largest absolute Gasteiger partial charge is 0.372 e. The van der Waals surface area contributed by atoms with Crippen molar-refractivity contribution in [1.29, 1.82) is 0 Å². The van der Waals surface area contributed by atoms with Gasteiger partial charge in [0.25, 0.3) is 5.91 Å². The third-order valence-electron chi connectivity index (χ3n) is 4.24. The SMILES string of the molecule is CNc1nccnc1C[C@H]1CCCN(C(=O)c2scnc2C)C1. The normalized spacial score (nSPS) is 18.0. The average Bonchev–Trinajstić information content (AvgIpc) is 3.01. The van der Waals surface area contributed by atoms with Gasteiger partial charge in [-0.25, -0.2) is 9.97 Å². The van der Waals surface area contributed by atoms with Gasteiger partial charge in [-0.1, -0.05) is 0 Å². The Labute approximate surface area is 140 Å². The Bertz CT molecular complexity index is 687. The molecule has 1 saturated heterocycles. The van der Waals surface area contributed by atoms with Crippen LogP contribution in [0.1, 0.15) is 33.9 Å². The summed E-state index contributed by atoms with van der Waals surface area (Å²) in [5.74, 6) is 1.36. The number of aromatic nitrogens is 3. The average molecular weight is 331 g/mol. The second-order valence-corrected chi connectivity index (χ2v) is 6.69. The summed E-state index contributed by atoms with van der Waals surface area (Å²) in [6, 6.07) is 0. The zero-order valence-electron chi connectivity index (χ0n) is 13.5. The molecular formula is C16H21N5OS. The van der Waals surface area contributed by atoms with Crippen LogP contribution >= 0.6 is 11.3 Å².